The van der Waals surface area contributed by atoms with Crippen molar-refractivity contribution in [3.8, 4) is 0 Å². The Morgan fingerprint density at radius 1 is 1.20 bits per heavy atom. The molecular formula is C19H19ClN4O. The first-order chi connectivity index (χ1) is 12.1. The number of halogens is 1. The first-order valence-electron chi connectivity index (χ1n) is 8.53. The molecule has 1 aromatic carbocycles. The fourth-order valence-corrected chi connectivity index (χ4v) is 3.59. The third-order valence-corrected chi connectivity index (χ3v) is 5.19. The lowest BCUT2D eigenvalue weighted by molar-refractivity contribution is 0.516. The lowest BCUT2D eigenvalue weighted by atomic mass is 10.2. The van der Waals surface area contributed by atoms with Crippen LogP contribution in [0.1, 0.15) is 37.3 Å². The van der Waals surface area contributed by atoms with E-state index in [4.69, 9.17) is 11.6 Å². The van der Waals surface area contributed by atoms with E-state index in [9.17, 15) is 4.79 Å². The van der Waals surface area contributed by atoms with Gasteiger partial charge in [0.1, 0.15) is 5.65 Å². The topological polar surface area (TPSA) is 59.8 Å². The molecule has 128 valence electrons. The Bertz CT molecular complexity index is 992. The minimum Gasteiger partial charge on any atom is -0.324 e. The molecule has 0 atom stereocenters. The van der Waals surface area contributed by atoms with E-state index < -0.39 is 0 Å². The third kappa shape index (κ3) is 3.12. The molecule has 1 fully saturated rings. The molecule has 0 spiro atoms. The van der Waals surface area contributed by atoms with Crippen LogP contribution in [0.5, 0.6) is 0 Å². The molecule has 4 rings (SSSR count). The minimum atomic E-state index is 0.00225. The summed E-state index contributed by atoms with van der Waals surface area (Å²) in [5, 5.41) is 4.74. The second-order valence-electron chi connectivity index (χ2n) is 6.54. The van der Waals surface area contributed by atoms with Gasteiger partial charge in [-0.25, -0.2) is 4.98 Å². The Balaban J connectivity index is 1.77. The summed E-state index contributed by atoms with van der Waals surface area (Å²) in [7, 11) is 0. The van der Waals surface area contributed by atoms with E-state index in [1.165, 1.54) is 0 Å². The van der Waals surface area contributed by atoms with Gasteiger partial charge in [0.05, 0.1) is 0 Å². The summed E-state index contributed by atoms with van der Waals surface area (Å²) in [6.45, 7) is 1.96. The molecular weight excluding hydrogens is 336 g/mol. The highest BCUT2D eigenvalue weighted by atomic mass is 35.5. The largest absolute Gasteiger partial charge is 0.324 e. The Morgan fingerprint density at radius 3 is 2.76 bits per heavy atom. The van der Waals surface area contributed by atoms with Gasteiger partial charge in [-0.05, 0) is 43.5 Å². The van der Waals surface area contributed by atoms with E-state index >= 15 is 0 Å². The second-order valence-corrected chi connectivity index (χ2v) is 6.95. The molecule has 0 aliphatic heterocycles. The number of hydrogen-bond donors (Lipinski definition) is 1. The van der Waals surface area contributed by atoms with Crippen LogP contribution in [-0.2, 0) is 0 Å². The van der Waals surface area contributed by atoms with Gasteiger partial charge in [0.15, 0.2) is 0 Å². The molecule has 0 unspecified atom stereocenters. The summed E-state index contributed by atoms with van der Waals surface area (Å²) in [5.74, 6) is 0.463. The highest BCUT2D eigenvalue weighted by Crippen LogP contribution is 2.30. The normalized spacial score (nSPS) is 15.0. The summed E-state index contributed by atoms with van der Waals surface area (Å²) < 4.78 is 1.83. The predicted molar refractivity (Wildman–Crippen MR) is 101 cm³/mol. The number of pyridine rings is 1. The average molecular weight is 355 g/mol. The lowest BCUT2D eigenvalue weighted by Crippen LogP contribution is -2.23. The summed E-state index contributed by atoms with van der Waals surface area (Å²) in [5.41, 5.74) is 2.53. The van der Waals surface area contributed by atoms with Crippen molar-refractivity contribution in [1.82, 2.24) is 14.5 Å². The third-order valence-electron chi connectivity index (χ3n) is 4.78. The van der Waals surface area contributed by atoms with Crippen molar-refractivity contribution >= 4 is 34.3 Å². The van der Waals surface area contributed by atoms with Gasteiger partial charge < -0.3 is 5.32 Å². The van der Waals surface area contributed by atoms with Crippen molar-refractivity contribution in [1.29, 1.82) is 0 Å². The Labute approximate surface area is 150 Å². The van der Waals surface area contributed by atoms with Gasteiger partial charge in [-0.2, -0.15) is 4.98 Å². The van der Waals surface area contributed by atoms with Gasteiger partial charge in [0, 0.05) is 34.4 Å². The van der Waals surface area contributed by atoms with Crippen LogP contribution in [0.3, 0.4) is 0 Å². The number of rotatable bonds is 3. The molecule has 5 nitrogen and oxygen atoms in total. The average Bonchev–Trinajstić information content (AvgIpc) is 3.12. The fourth-order valence-electron chi connectivity index (χ4n) is 3.41. The maximum Gasteiger partial charge on any atom is 0.252 e. The Morgan fingerprint density at radius 2 is 2.00 bits per heavy atom. The van der Waals surface area contributed by atoms with E-state index in [1.807, 2.05) is 29.7 Å². The number of fused-ring (bicyclic) bond motifs is 1. The maximum absolute atomic E-state index is 12.4. The van der Waals surface area contributed by atoms with Crippen LogP contribution in [0.4, 0.5) is 11.6 Å². The molecule has 3 aromatic rings. The van der Waals surface area contributed by atoms with Gasteiger partial charge in [0.25, 0.3) is 5.56 Å². The summed E-state index contributed by atoms with van der Waals surface area (Å²) in [4.78, 5) is 21.4. The van der Waals surface area contributed by atoms with Crippen LogP contribution in [0.2, 0.25) is 5.02 Å². The molecule has 1 aliphatic rings. The van der Waals surface area contributed by atoms with Gasteiger partial charge in [0.2, 0.25) is 5.95 Å². The zero-order valence-corrected chi connectivity index (χ0v) is 14.8. The molecule has 0 amide bonds. The van der Waals surface area contributed by atoms with Crippen LogP contribution in [0.25, 0.3) is 11.0 Å². The fraction of sp³-hybridized carbons (Fsp3) is 0.316. The van der Waals surface area contributed by atoms with Gasteiger partial charge in [-0.15, -0.1) is 0 Å². The van der Waals surface area contributed by atoms with Gasteiger partial charge in [-0.1, -0.05) is 30.5 Å². The number of nitrogens with one attached hydrogen (secondary N) is 1. The second kappa shape index (κ2) is 6.48. The van der Waals surface area contributed by atoms with Crippen LogP contribution in [-0.4, -0.2) is 14.5 Å². The van der Waals surface area contributed by atoms with E-state index in [1.54, 1.807) is 18.3 Å². The monoisotopic (exact) mass is 354 g/mol. The Hall–Kier alpha value is -2.40. The minimum absolute atomic E-state index is 0.00225. The highest BCUT2D eigenvalue weighted by Gasteiger charge is 2.20. The predicted octanol–water partition coefficient (Wildman–Crippen LogP) is 4.61. The SMILES string of the molecule is Cc1ccc(Nc2ncc3ccc(=O)n(C4CCCC4)c3n2)cc1Cl. The van der Waals surface area contributed by atoms with Crippen molar-refractivity contribution in [2.75, 3.05) is 5.32 Å². The van der Waals surface area contributed by atoms with Crippen molar-refractivity contribution in [3.05, 3.63) is 57.5 Å². The lowest BCUT2D eigenvalue weighted by Gasteiger charge is -2.16. The van der Waals surface area contributed by atoms with E-state index in [-0.39, 0.29) is 11.6 Å². The van der Waals surface area contributed by atoms with Crippen molar-refractivity contribution < 1.29 is 0 Å². The molecule has 0 bridgehead atoms. The zero-order valence-electron chi connectivity index (χ0n) is 14.0. The van der Waals surface area contributed by atoms with Crippen LogP contribution >= 0.6 is 11.6 Å². The summed E-state index contributed by atoms with van der Waals surface area (Å²) >= 11 is 6.18. The van der Waals surface area contributed by atoms with Crippen LogP contribution in [0.15, 0.2) is 41.3 Å². The first-order valence-corrected chi connectivity index (χ1v) is 8.91. The van der Waals surface area contributed by atoms with Gasteiger partial charge >= 0.3 is 0 Å². The standard InChI is InChI=1S/C19H19ClN4O/c1-12-6-8-14(10-16(12)20)22-19-21-11-13-7-9-17(25)24(18(13)23-19)15-4-2-3-5-15/h6-11,15H,2-5H2,1H3,(H,21,22,23). The molecule has 0 saturated heterocycles. The molecule has 2 heterocycles. The Kier molecular flexibility index (Phi) is 4.17. The molecule has 1 saturated carbocycles. The van der Waals surface area contributed by atoms with Crippen LogP contribution < -0.4 is 10.9 Å². The van der Waals surface area contributed by atoms with Crippen molar-refractivity contribution in [2.24, 2.45) is 0 Å². The molecule has 25 heavy (non-hydrogen) atoms. The number of benzene rings is 1. The first kappa shape index (κ1) is 16.1. The smallest absolute Gasteiger partial charge is 0.252 e. The maximum atomic E-state index is 12.4. The van der Waals surface area contributed by atoms with E-state index in [0.29, 0.717) is 16.6 Å². The number of anilines is 2. The van der Waals surface area contributed by atoms with E-state index in [0.717, 1.165) is 42.3 Å². The molecule has 1 aliphatic carbocycles. The number of hydrogen-bond acceptors (Lipinski definition) is 4. The van der Waals surface area contributed by atoms with Crippen LogP contribution in [0, 0.1) is 6.92 Å². The van der Waals surface area contributed by atoms with Crippen molar-refractivity contribution in [2.45, 2.75) is 38.6 Å². The number of nitrogens with zero attached hydrogens (tertiary/aromatic N) is 3. The molecule has 2 aromatic heterocycles. The highest BCUT2D eigenvalue weighted by molar-refractivity contribution is 6.31. The quantitative estimate of drug-likeness (QED) is 0.746. The van der Waals surface area contributed by atoms with Gasteiger partial charge in [-0.3, -0.25) is 9.36 Å². The van der Waals surface area contributed by atoms with Crippen molar-refractivity contribution in [3.63, 3.8) is 0 Å². The summed E-state index contributed by atoms with van der Waals surface area (Å²) in [6, 6.07) is 9.35. The number of aromatic nitrogens is 3. The number of aryl methyl sites for hydroxylation is 1. The van der Waals surface area contributed by atoms with E-state index in [2.05, 4.69) is 15.3 Å². The molecule has 1 N–H and O–H groups in total. The summed E-state index contributed by atoms with van der Waals surface area (Å²) in [6.07, 6.45) is 6.13. The molecule has 0 radical (unpaired) electrons. The zero-order chi connectivity index (χ0) is 17.4. The molecule has 6 heteroatoms.